The average Bonchev–Trinajstić information content (AvgIpc) is 3.19. The SMILES string of the molecule is Cc1ccc(CN(C)C(=O)CN2CCCC(c3ccn[nH]3)C2)o1. The lowest BCUT2D eigenvalue weighted by Crippen LogP contribution is -2.42. The molecule has 124 valence electrons. The fourth-order valence-electron chi connectivity index (χ4n) is 3.15. The highest BCUT2D eigenvalue weighted by atomic mass is 16.3. The van der Waals surface area contributed by atoms with Gasteiger partial charge in [0.1, 0.15) is 11.5 Å². The lowest BCUT2D eigenvalue weighted by atomic mass is 9.95. The second-order valence-electron chi connectivity index (χ2n) is 6.35. The summed E-state index contributed by atoms with van der Waals surface area (Å²) in [5.41, 5.74) is 1.17. The minimum Gasteiger partial charge on any atom is -0.464 e. The van der Waals surface area contributed by atoms with Crippen molar-refractivity contribution in [2.24, 2.45) is 0 Å². The summed E-state index contributed by atoms with van der Waals surface area (Å²) in [4.78, 5) is 16.4. The number of piperidine rings is 1. The van der Waals surface area contributed by atoms with Crippen LogP contribution in [0, 0.1) is 6.92 Å². The summed E-state index contributed by atoms with van der Waals surface area (Å²) >= 11 is 0. The summed E-state index contributed by atoms with van der Waals surface area (Å²) in [5, 5.41) is 7.09. The number of carbonyl (C=O) groups is 1. The van der Waals surface area contributed by atoms with Gasteiger partial charge in [0.15, 0.2) is 0 Å². The molecule has 1 unspecified atom stereocenters. The quantitative estimate of drug-likeness (QED) is 0.918. The van der Waals surface area contributed by atoms with Crippen molar-refractivity contribution in [1.82, 2.24) is 20.0 Å². The maximum absolute atomic E-state index is 12.4. The van der Waals surface area contributed by atoms with Gasteiger partial charge in [0.05, 0.1) is 13.1 Å². The zero-order valence-electron chi connectivity index (χ0n) is 13.8. The first kappa shape index (κ1) is 15.8. The molecule has 6 heteroatoms. The third kappa shape index (κ3) is 4.01. The van der Waals surface area contributed by atoms with E-state index >= 15 is 0 Å². The highest BCUT2D eigenvalue weighted by Crippen LogP contribution is 2.25. The van der Waals surface area contributed by atoms with Crippen molar-refractivity contribution >= 4 is 5.91 Å². The van der Waals surface area contributed by atoms with Crippen LogP contribution in [0.5, 0.6) is 0 Å². The number of aromatic nitrogens is 2. The molecule has 1 atom stereocenters. The highest BCUT2D eigenvalue weighted by Gasteiger charge is 2.24. The predicted molar refractivity (Wildman–Crippen MR) is 86.9 cm³/mol. The Balaban J connectivity index is 1.52. The van der Waals surface area contributed by atoms with E-state index in [0.29, 0.717) is 19.0 Å². The Bertz CT molecular complexity index is 635. The van der Waals surface area contributed by atoms with Crippen LogP contribution in [-0.2, 0) is 11.3 Å². The molecule has 0 aromatic carbocycles. The molecule has 3 rings (SSSR count). The van der Waals surface area contributed by atoms with Crippen molar-refractivity contribution in [1.29, 1.82) is 0 Å². The normalized spacial score (nSPS) is 19.0. The third-order valence-electron chi connectivity index (χ3n) is 4.44. The zero-order valence-corrected chi connectivity index (χ0v) is 13.8. The molecule has 0 bridgehead atoms. The molecular formula is C17H24N4O2. The summed E-state index contributed by atoms with van der Waals surface area (Å²) < 4.78 is 5.54. The van der Waals surface area contributed by atoms with Gasteiger partial charge in [-0.25, -0.2) is 0 Å². The smallest absolute Gasteiger partial charge is 0.236 e. The molecule has 1 saturated heterocycles. The fraction of sp³-hybridized carbons (Fsp3) is 0.529. The monoisotopic (exact) mass is 316 g/mol. The molecule has 1 aliphatic heterocycles. The number of furan rings is 1. The Labute approximate surface area is 136 Å². The number of nitrogens with zero attached hydrogens (tertiary/aromatic N) is 3. The first-order valence-corrected chi connectivity index (χ1v) is 8.12. The van der Waals surface area contributed by atoms with Crippen LogP contribution in [0.3, 0.4) is 0 Å². The van der Waals surface area contributed by atoms with Crippen molar-refractivity contribution in [2.75, 3.05) is 26.7 Å². The van der Waals surface area contributed by atoms with Crippen molar-refractivity contribution in [2.45, 2.75) is 32.2 Å². The van der Waals surface area contributed by atoms with Gasteiger partial charge in [-0.3, -0.25) is 14.8 Å². The summed E-state index contributed by atoms with van der Waals surface area (Å²) in [6, 6.07) is 5.88. The third-order valence-corrected chi connectivity index (χ3v) is 4.44. The van der Waals surface area contributed by atoms with Crippen LogP contribution < -0.4 is 0 Å². The second kappa shape index (κ2) is 7.00. The van der Waals surface area contributed by atoms with Crippen molar-refractivity contribution in [3.8, 4) is 0 Å². The molecular weight excluding hydrogens is 292 g/mol. The Morgan fingerprint density at radius 2 is 2.35 bits per heavy atom. The molecule has 1 N–H and O–H groups in total. The van der Waals surface area contributed by atoms with E-state index in [9.17, 15) is 4.79 Å². The lowest BCUT2D eigenvalue weighted by Gasteiger charge is -2.32. The molecule has 1 fully saturated rings. The number of likely N-dealkylation sites (tertiary alicyclic amines) is 1. The van der Waals surface area contributed by atoms with Crippen LogP contribution in [0.4, 0.5) is 0 Å². The zero-order chi connectivity index (χ0) is 16.2. The predicted octanol–water partition coefficient (Wildman–Crippen LogP) is 2.15. The van der Waals surface area contributed by atoms with Crippen LogP contribution >= 0.6 is 0 Å². The number of amides is 1. The van der Waals surface area contributed by atoms with Gasteiger partial charge >= 0.3 is 0 Å². The summed E-state index contributed by atoms with van der Waals surface area (Å²) in [7, 11) is 1.83. The number of aromatic amines is 1. The van der Waals surface area contributed by atoms with Crippen LogP contribution in [0.1, 0.15) is 36.0 Å². The van der Waals surface area contributed by atoms with Gasteiger partial charge in [0.25, 0.3) is 0 Å². The van der Waals surface area contributed by atoms with Crippen LogP contribution in [0.25, 0.3) is 0 Å². The van der Waals surface area contributed by atoms with Gasteiger partial charge in [-0.15, -0.1) is 0 Å². The van der Waals surface area contributed by atoms with Gasteiger partial charge in [-0.2, -0.15) is 5.10 Å². The van der Waals surface area contributed by atoms with E-state index in [1.165, 1.54) is 5.69 Å². The number of rotatable bonds is 5. The molecule has 2 aromatic heterocycles. The Morgan fingerprint density at radius 1 is 1.48 bits per heavy atom. The maximum Gasteiger partial charge on any atom is 0.236 e. The Morgan fingerprint density at radius 3 is 3.04 bits per heavy atom. The van der Waals surface area contributed by atoms with E-state index in [1.54, 1.807) is 11.1 Å². The molecule has 1 aliphatic rings. The molecule has 1 amide bonds. The first-order valence-electron chi connectivity index (χ1n) is 8.12. The van der Waals surface area contributed by atoms with Crippen molar-refractivity contribution < 1.29 is 9.21 Å². The van der Waals surface area contributed by atoms with Gasteiger partial charge in [-0.1, -0.05) is 0 Å². The van der Waals surface area contributed by atoms with Crippen molar-refractivity contribution in [3.63, 3.8) is 0 Å². The summed E-state index contributed by atoms with van der Waals surface area (Å²) in [6.45, 7) is 4.77. The van der Waals surface area contributed by atoms with Gasteiger partial charge in [0, 0.05) is 31.4 Å². The van der Waals surface area contributed by atoms with Crippen LogP contribution in [-0.4, -0.2) is 52.6 Å². The Kier molecular flexibility index (Phi) is 4.81. The van der Waals surface area contributed by atoms with Crippen LogP contribution in [0.2, 0.25) is 0 Å². The number of H-pyrrole nitrogens is 1. The van der Waals surface area contributed by atoms with E-state index in [0.717, 1.165) is 37.5 Å². The highest BCUT2D eigenvalue weighted by molar-refractivity contribution is 5.77. The number of hydrogen-bond acceptors (Lipinski definition) is 4. The van der Waals surface area contributed by atoms with Gasteiger partial charge in [0.2, 0.25) is 5.91 Å². The molecule has 23 heavy (non-hydrogen) atoms. The molecule has 3 heterocycles. The molecule has 0 radical (unpaired) electrons. The minimum absolute atomic E-state index is 0.129. The number of carbonyl (C=O) groups excluding carboxylic acids is 1. The number of likely N-dealkylation sites (N-methyl/N-ethyl adjacent to an activating group) is 1. The topological polar surface area (TPSA) is 65.4 Å². The molecule has 0 spiro atoms. The lowest BCUT2D eigenvalue weighted by molar-refractivity contribution is -0.132. The van der Waals surface area contributed by atoms with E-state index in [1.807, 2.05) is 32.2 Å². The first-order chi connectivity index (χ1) is 11.1. The molecule has 6 nitrogen and oxygen atoms in total. The van der Waals surface area contributed by atoms with E-state index in [4.69, 9.17) is 4.42 Å². The summed E-state index contributed by atoms with van der Waals surface area (Å²) in [6.07, 6.45) is 4.05. The molecule has 0 aliphatic carbocycles. The second-order valence-corrected chi connectivity index (χ2v) is 6.35. The number of nitrogens with one attached hydrogen (secondary N) is 1. The molecule has 2 aromatic rings. The van der Waals surface area contributed by atoms with Gasteiger partial charge < -0.3 is 9.32 Å². The van der Waals surface area contributed by atoms with Crippen molar-refractivity contribution in [3.05, 3.63) is 41.6 Å². The van der Waals surface area contributed by atoms with E-state index in [2.05, 4.69) is 15.1 Å². The minimum atomic E-state index is 0.129. The van der Waals surface area contributed by atoms with E-state index < -0.39 is 0 Å². The van der Waals surface area contributed by atoms with Gasteiger partial charge in [-0.05, 0) is 44.5 Å². The largest absolute Gasteiger partial charge is 0.464 e. The van der Waals surface area contributed by atoms with E-state index in [-0.39, 0.29) is 5.91 Å². The maximum atomic E-state index is 12.4. The average molecular weight is 316 g/mol. The van der Waals surface area contributed by atoms with Crippen LogP contribution in [0.15, 0.2) is 28.8 Å². The Hall–Kier alpha value is -2.08. The number of hydrogen-bond donors (Lipinski definition) is 1. The standard InChI is InChI=1S/C17H24N4O2/c1-13-5-6-15(23-13)11-20(2)17(22)12-21-9-3-4-14(10-21)16-7-8-18-19-16/h5-8,14H,3-4,9-12H2,1-2H3,(H,18,19). The summed E-state index contributed by atoms with van der Waals surface area (Å²) in [5.74, 6) is 2.27. The fourth-order valence-corrected chi connectivity index (χ4v) is 3.15. The number of aryl methyl sites for hydroxylation is 1. The molecule has 0 saturated carbocycles.